The first kappa shape index (κ1) is 22.5. The maximum Gasteiger partial charge on any atom is 0.234 e. The van der Waals surface area contributed by atoms with E-state index < -0.39 is 0 Å². The molecule has 3 heterocycles. The second-order valence-electron chi connectivity index (χ2n) is 7.58. The molecule has 2 aliphatic rings. The van der Waals surface area contributed by atoms with Crippen molar-refractivity contribution in [1.82, 2.24) is 9.97 Å². The van der Waals surface area contributed by atoms with E-state index in [9.17, 15) is 0 Å². The number of aryl methyl sites for hydroxylation is 1. The zero-order chi connectivity index (χ0) is 21.8. The molecule has 1 unspecified atom stereocenters. The highest BCUT2D eigenvalue weighted by Crippen LogP contribution is 2.43. The van der Waals surface area contributed by atoms with E-state index >= 15 is 0 Å². The second kappa shape index (κ2) is 10.3. The predicted octanol–water partition coefficient (Wildman–Crippen LogP) is 6.11. The van der Waals surface area contributed by atoms with E-state index in [2.05, 4.69) is 30.2 Å². The summed E-state index contributed by atoms with van der Waals surface area (Å²) in [6, 6.07) is 3.63. The van der Waals surface area contributed by atoms with Gasteiger partial charge in [0.05, 0.1) is 23.9 Å². The number of pyridine rings is 1. The Morgan fingerprint density at radius 2 is 2.29 bits per heavy atom. The number of rotatable bonds is 7. The largest absolute Gasteiger partial charge is 0.471 e. The molecule has 2 aromatic rings. The number of ether oxygens (including phenoxy) is 2. The van der Waals surface area contributed by atoms with Gasteiger partial charge in [0.1, 0.15) is 16.9 Å². The average Bonchev–Trinajstić information content (AvgIpc) is 3.36. The molecule has 1 fully saturated rings. The van der Waals surface area contributed by atoms with E-state index in [1.807, 2.05) is 6.07 Å². The van der Waals surface area contributed by atoms with E-state index in [1.165, 1.54) is 15.4 Å². The van der Waals surface area contributed by atoms with Crippen LogP contribution in [0.5, 0.6) is 5.88 Å². The van der Waals surface area contributed by atoms with Crippen molar-refractivity contribution < 1.29 is 9.47 Å². The molecule has 9 heteroatoms. The molecule has 166 valence electrons. The van der Waals surface area contributed by atoms with Crippen molar-refractivity contribution in [3.63, 3.8) is 0 Å². The Morgan fingerprint density at radius 1 is 1.42 bits per heavy atom. The summed E-state index contributed by atoms with van der Waals surface area (Å²) in [5.41, 5.74) is 8.59. The summed E-state index contributed by atoms with van der Waals surface area (Å²) in [5.74, 6) is 1.08. The molecular weight excluding hydrogens is 452 g/mol. The van der Waals surface area contributed by atoms with E-state index in [0.29, 0.717) is 29.9 Å². The molecule has 0 saturated carbocycles. The summed E-state index contributed by atoms with van der Waals surface area (Å²) in [5, 5.41) is 5.46. The molecule has 0 spiro atoms. The van der Waals surface area contributed by atoms with Crippen molar-refractivity contribution >= 4 is 50.6 Å². The van der Waals surface area contributed by atoms with Crippen LogP contribution in [0.3, 0.4) is 0 Å². The van der Waals surface area contributed by atoms with Crippen LogP contribution in [0.1, 0.15) is 50.1 Å². The molecular formula is C22H27ClN4O2S2. The molecule has 31 heavy (non-hydrogen) atoms. The number of nitrogens with zero attached hydrogens (tertiary/aromatic N) is 2. The summed E-state index contributed by atoms with van der Waals surface area (Å²) in [6.07, 6.45) is 7.00. The summed E-state index contributed by atoms with van der Waals surface area (Å²) >= 11 is 9.58. The van der Waals surface area contributed by atoms with Gasteiger partial charge in [-0.15, -0.1) is 11.3 Å². The lowest BCUT2D eigenvalue weighted by Gasteiger charge is -2.13. The smallest absolute Gasteiger partial charge is 0.234 e. The van der Waals surface area contributed by atoms with Crippen molar-refractivity contribution in [3.8, 4) is 5.88 Å². The van der Waals surface area contributed by atoms with Crippen molar-refractivity contribution in [3.05, 3.63) is 44.4 Å². The number of allylic oxidation sites excluding steroid dienone is 2. The summed E-state index contributed by atoms with van der Waals surface area (Å²) in [6.45, 7) is 5.54. The fourth-order valence-corrected chi connectivity index (χ4v) is 5.79. The third-order valence-corrected chi connectivity index (χ3v) is 7.56. The maximum absolute atomic E-state index is 6.29. The zero-order valence-corrected chi connectivity index (χ0v) is 20.1. The Balaban J connectivity index is 1.56. The second-order valence-corrected chi connectivity index (χ2v) is 10.2. The van der Waals surface area contributed by atoms with Crippen molar-refractivity contribution in [2.75, 3.05) is 18.5 Å². The molecule has 0 aromatic carbocycles. The highest BCUT2D eigenvalue weighted by molar-refractivity contribution is 8.11. The lowest BCUT2D eigenvalue weighted by molar-refractivity contribution is 0.138. The average molecular weight is 479 g/mol. The number of nitrogens with two attached hydrogens (primary N) is 1. The van der Waals surface area contributed by atoms with Gasteiger partial charge in [0.15, 0.2) is 5.13 Å². The maximum atomic E-state index is 6.29. The first-order chi connectivity index (χ1) is 15.0. The molecule has 0 radical (unpaired) electrons. The van der Waals surface area contributed by atoms with Crippen LogP contribution in [0.4, 0.5) is 10.9 Å². The number of hydrogen-bond donors (Lipinski definition) is 2. The van der Waals surface area contributed by atoms with Gasteiger partial charge in [-0.05, 0) is 44.7 Å². The molecule has 4 rings (SSSR count). The van der Waals surface area contributed by atoms with Crippen LogP contribution >= 0.6 is 34.7 Å². The van der Waals surface area contributed by atoms with E-state index in [-0.39, 0.29) is 6.10 Å². The van der Waals surface area contributed by atoms with Gasteiger partial charge in [-0.2, -0.15) is 4.98 Å². The Hall–Kier alpha value is -1.74. The van der Waals surface area contributed by atoms with Crippen LogP contribution in [-0.2, 0) is 11.2 Å². The number of hydrogen-bond acceptors (Lipinski definition) is 8. The Kier molecular flexibility index (Phi) is 7.43. The molecule has 3 N–H and O–H groups in total. The van der Waals surface area contributed by atoms with E-state index in [1.54, 1.807) is 29.2 Å². The topological polar surface area (TPSA) is 82.3 Å². The minimum Gasteiger partial charge on any atom is -0.471 e. The van der Waals surface area contributed by atoms with Gasteiger partial charge in [0, 0.05) is 16.2 Å². The lowest BCUT2D eigenvalue weighted by atomic mass is 10.1. The molecule has 6 nitrogen and oxygen atoms in total. The third-order valence-electron chi connectivity index (χ3n) is 5.10. The van der Waals surface area contributed by atoms with Gasteiger partial charge in [0.2, 0.25) is 5.88 Å². The van der Waals surface area contributed by atoms with Gasteiger partial charge in [0.25, 0.3) is 0 Å². The number of anilines is 2. The normalized spacial score (nSPS) is 19.3. The first-order valence-electron chi connectivity index (χ1n) is 10.5. The predicted molar refractivity (Wildman–Crippen MR) is 130 cm³/mol. The summed E-state index contributed by atoms with van der Waals surface area (Å²) in [4.78, 5) is 11.9. The van der Waals surface area contributed by atoms with E-state index in [0.717, 1.165) is 48.0 Å². The lowest BCUT2D eigenvalue weighted by Crippen LogP contribution is -2.16. The van der Waals surface area contributed by atoms with Gasteiger partial charge >= 0.3 is 0 Å². The minimum atomic E-state index is -0.00879. The fourth-order valence-electron chi connectivity index (χ4n) is 3.53. The Labute approximate surface area is 196 Å². The monoisotopic (exact) mass is 478 g/mol. The number of halogens is 1. The minimum absolute atomic E-state index is 0.00879. The van der Waals surface area contributed by atoms with Gasteiger partial charge in [-0.1, -0.05) is 41.9 Å². The zero-order valence-electron chi connectivity index (χ0n) is 17.7. The molecule has 0 bridgehead atoms. The summed E-state index contributed by atoms with van der Waals surface area (Å²) < 4.78 is 11.3. The first-order valence-corrected chi connectivity index (χ1v) is 12.6. The number of nitrogens with one attached hydrogen (secondary N) is 1. The quantitative estimate of drug-likeness (QED) is 0.496. The van der Waals surface area contributed by atoms with Crippen LogP contribution in [0.25, 0.3) is 4.91 Å². The van der Waals surface area contributed by atoms with Crippen LogP contribution in [0.15, 0.2) is 28.8 Å². The highest BCUT2D eigenvalue weighted by Gasteiger charge is 2.23. The highest BCUT2D eigenvalue weighted by atomic mass is 35.5. The van der Waals surface area contributed by atoms with Gasteiger partial charge in [-0.3, -0.25) is 0 Å². The number of thiazole rings is 1. The van der Waals surface area contributed by atoms with Crippen LogP contribution in [0, 0.1) is 0 Å². The number of aromatic nitrogens is 2. The van der Waals surface area contributed by atoms with Crippen molar-refractivity contribution in [2.24, 2.45) is 5.73 Å². The van der Waals surface area contributed by atoms with Crippen LogP contribution in [-0.4, -0.2) is 29.3 Å². The summed E-state index contributed by atoms with van der Waals surface area (Å²) in [7, 11) is 0. The van der Waals surface area contributed by atoms with Gasteiger partial charge in [-0.25, -0.2) is 4.98 Å². The molecule has 1 atom stereocenters. The Morgan fingerprint density at radius 3 is 3.06 bits per heavy atom. The SMILES string of the molecule is CC/C=C(\N)SC1=C(C)CCCc2sc(Nc3ccc(Cl)c(OC4CCOC4)n3)nc21. The standard InChI is InChI=1S/C22H27ClN4O2S2/c1-3-5-17(24)31-20-13(2)6-4-7-16-19(20)27-22(30-16)26-18-9-8-15(23)21(25-18)29-14-10-11-28-12-14/h5,8-9,14H,3-4,6-7,10-12,24H2,1-2H3,(H,25,26,27)/b17-5+. The third kappa shape index (κ3) is 5.55. The fraction of sp³-hybridized carbons (Fsp3) is 0.455. The number of fused-ring (bicyclic) bond motifs is 1. The van der Waals surface area contributed by atoms with Crippen molar-refractivity contribution in [2.45, 2.75) is 52.1 Å². The van der Waals surface area contributed by atoms with Gasteiger partial charge < -0.3 is 20.5 Å². The molecule has 0 amide bonds. The number of thioether (sulfide) groups is 1. The van der Waals surface area contributed by atoms with Crippen LogP contribution in [0.2, 0.25) is 5.02 Å². The molecule has 1 saturated heterocycles. The molecule has 1 aliphatic carbocycles. The molecule has 2 aromatic heterocycles. The van der Waals surface area contributed by atoms with Crippen LogP contribution < -0.4 is 15.8 Å². The molecule has 1 aliphatic heterocycles. The van der Waals surface area contributed by atoms with Crippen molar-refractivity contribution in [1.29, 1.82) is 0 Å². The van der Waals surface area contributed by atoms with E-state index in [4.69, 9.17) is 31.8 Å². The Bertz CT molecular complexity index is 999.